The molecule has 96 valence electrons. The maximum Gasteiger partial charge on any atom is 0.151 e. The average Bonchev–Trinajstić information content (AvgIpc) is 2.71. The number of anilines is 1. The van der Waals surface area contributed by atoms with Crippen LogP contribution in [0.5, 0.6) is 0 Å². The standard InChI is InChI=1S/C14H20N4/c1-14(2,3)11-7-5-6-8-12(11)15-9-13-17-16-10-18(13)4/h5-8,10,15H,9H2,1-4H3. The Hall–Kier alpha value is -1.84. The third-order valence-corrected chi connectivity index (χ3v) is 2.98. The summed E-state index contributed by atoms with van der Waals surface area (Å²) in [4.78, 5) is 0. The zero-order valence-corrected chi connectivity index (χ0v) is 11.4. The Morgan fingerprint density at radius 1 is 1.22 bits per heavy atom. The van der Waals surface area contributed by atoms with E-state index in [9.17, 15) is 0 Å². The number of nitrogens with zero attached hydrogens (tertiary/aromatic N) is 3. The van der Waals surface area contributed by atoms with Crippen molar-refractivity contribution in [2.75, 3.05) is 5.32 Å². The number of rotatable bonds is 3. The first-order valence-electron chi connectivity index (χ1n) is 6.15. The van der Waals surface area contributed by atoms with Gasteiger partial charge in [-0.1, -0.05) is 39.0 Å². The van der Waals surface area contributed by atoms with Gasteiger partial charge in [-0.25, -0.2) is 0 Å². The van der Waals surface area contributed by atoms with Gasteiger partial charge in [0.2, 0.25) is 0 Å². The van der Waals surface area contributed by atoms with E-state index in [1.54, 1.807) is 6.33 Å². The molecule has 1 aromatic heterocycles. The van der Waals surface area contributed by atoms with Crippen molar-refractivity contribution < 1.29 is 0 Å². The van der Waals surface area contributed by atoms with Crippen molar-refractivity contribution in [3.05, 3.63) is 42.0 Å². The van der Waals surface area contributed by atoms with Crippen LogP contribution in [-0.2, 0) is 19.0 Å². The van der Waals surface area contributed by atoms with Crippen LogP contribution in [0, 0.1) is 0 Å². The Morgan fingerprint density at radius 2 is 1.94 bits per heavy atom. The number of hydrogen-bond donors (Lipinski definition) is 1. The van der Waals surface area contributed by atoms with Gasteiger partial charge in [0.1, 0.15) is 6.33 Å². The van der Waals surface area contributed by atoms with Crippen LogP contribution in [0.25, 0.3) is 0 Å². The molecule has 0 aliphatic heterocycles. The Labute approximate surface area is 108 Å². The minimum Gasteiger partial charge on any atom is -0.377 e. The number of benzene rings is 1. The summed E-state index contributed by atoms with van der Waals surface area (Å²) in [6.07, 6.45) is 1.71. The molecule has 0 unspecified atom stereocenters. The largest absolute Gasteiger partial charge is 0.377 e. The van der Waals surface area contributed by atoms with Crippen LogP contribution in [0.15, 0.2) is 30.6 Å². The summed E-state index contributed by atoms with van der Waals surface area (Å²) in [6, 6.07) is 8.40. The average molecular weight is 244 g/mol. The minimum absolute atomic E-state index is 0.128. The van der Waals surface area contributed by atoms with Crippen molar-refractivity contribution in [3.8, 4) is 0 Å². The van der Waals surface area contributed by atoms with Crippen LogP contribution in [0.3, 0.4) is 0 Å². The maximum atomic E-state index is 4.07. The van der Waals surface area contributed by atoms with Gasteiger partial charge in [0.25, 0.3) is 0 Å². The van der Waals surface area contributed by atoms with Gasteiger partial charge < -0.3 is 9.88 Å². The fourth-order valence-electron chi connectivity index (χ4n) is 1.93. The molecule has 1 aromatic carbocycles. The van der Waals surface area contributed by atoms with E-state index in [2.05, 4.69) is 54.5 Å². The first-order valence-corrected chi connectivity index (χ1v) is 6.15. The fraction of sp³-hybridized carbons (Fsp3) is 0.429. The Kier molecular flexibility index (Phi) is 3.36. The molecule has 0 saturated carbocycles. The number of aryl methyl sites for hydroxylation is 1. The molecule has 4 heteroatoms. The highest BCUT2D eigenvalue weighted by atomic mass is 15.3. The molecule has 1 heterocycles. The van der Waals surface area contributed by atoms with Gasteiger partial charge >= 0.3 is 0 Å². The van der Waals surface area contributed by atoms with Crippen molar-refractivity contribution in [1.82, 2.24) is 14.8 Å². The van der Waals surface area contributed by atoms with Crippen molar-refractivity contribution >= 4 is 5.69 Å². The summed E-state index contributed by atoms with van der Waals surface area (Å²) in [7, 11) is 1.95. The summed E-state index contributed by atoms with van der Waals surface area (Å²) >= 11 is 0. The van der Waals surface area contributed by atoms with Gasteiger partial charge in [-0.2, -0.15) is 0 Å². The Balaban J connectivity index is 2.17. The smallest absolute Gasteiger partial charge is 0.151 e. The maximum absolute atomic E-state index is 4.07. The minimum atomic E-state index is 0.128. The molecule has 0 atom stereocenters. The normalized spacial score (nSPS) is 11.6. The van der Waals surface area contributed by atoms with Gasteiger partial charge in [-0.3, -0.25) is 0 Å². The molecule has 0 amide bonds. The number of aromatic nitrogens is 3. The van der Waals surface area contributed by atoms with Gasteiger partial charge in [0.05, 0.1) is 6.54 Å². The zero-order chi connectivity index (χ0) is 13.2. The van der Waals surface area contributed by atoms with Crippen LogP contribution in [0.1, 0.15) is 32.2 Å². The molecule has 2 rings (SSSR count). The van der Waals surface area contributed by atoms with Crippen molar-refractivity contribution in [3.63, 3.8) is 0 Å². The van der Waals surface area contributed by atoms with E-state index in [1.165, 1.54) is 5.56 Å². The molecule has 0 fully saturated rings. The number of hydrogen-bond acceptors (Lipinski definition) is 3. The molecule has 18 heavy (non-hydrogen) atoms. The Bertz CT molecular complexity index is 523. The number of para-hydroxylation sites is 1. The highest BCUT2D eigenvalue weighted by molar-refractivity contribution is 5.54. The lowest BCUT2D eigenvalue weighted by Gasteiger charge is -2.23. The molecular weight excluding hydrogens is 224 g/mol. The lowest BCUT2D eigenvalue weighted by molar-refractivity contribution is 0.591. The van der Waals surface area contributed by atoms with Gasteiger partial charge in [0, 0.05) is 12.7 Å². The van der Waals surface area contributed by atoms with Crippen LogP contribution >= 0.6 is 0 Å². The van der Waals surface area contributed by atoms with E-state index in [1.807, 2.05) is 17.7 Å². The summed E-state index contributed by atoms with van der Waals surface area (Å²) in [5.41, 5.74) is 2.60. The predicted molar refractivity (Wildman–Crippen MR) is 73.5 cm³/mol. The SMILES string of the molecule is Cn1cnnc1CNc1ccccc1C(C)(C)C. The van der Waals surface area contributed by atoms with Crippen LogP contribution in [0.4, 0.5) is 5.69 Å². The van der Waals surface area contributed by atoms with E-state index in [0.717, 1.165) is 11.5 Å². The van der Waals surface area contributed by atoms with Crippen LogP contribution < -0.4 is 5.32 Å². The molecule has 0 saturated heterocycles. The summed E-state index contributed by atoms with van der Waals surface area (Å²) in [6.45, 7) is 7.34. The summed E-state index contributed by atoms with van der Waals surface area (Å²) < 4.78 is 1.92. The molecular formula is C14H20N4. The number of nitrogens with one attached hydrogen (secondary N) is 1. The molecule has 0 spiro atoms. The van der Waals surface area contributed by atoms with Crippen molar-refractivity contribution in [2.45, 2.75) is 32.7 Å². The second-order valence-electron chi connectivity index (χ2n) is 5.51. The van der Waals surface area contributed by atoms with Crippen LogP contribution in [-0.4, -0.2) is 14.8 Å². The molecule has 2 aromatic rings. The summed E-state index contributed by atoms with van der Waals surface area (Å²) in [5, 5.41) is 11.4. The van der Waals surface area contributed by atoms with E-state index in [4.69, 9.17) is 0 Å². The first kappa shape index (κ1) is 12.6. The molecule has 0 radical (unpaired) electrons. The van der Waals surface area contributed by atoms with E-state index < -0.39 is 0 Å². The first-order chi connectivity index (χ1) is 8.48. The quantitative estimate of drug-likeness (QED) is 0.902. The van der Waals surface area contributed by atoms with Crippen LogP contribution in [0.2, 0.25) is 0 Å². The van der Waals surface area contributed by atoms with Gasteiger partial charge in [0.15, 0.2) is 5.82 Å². The molecule has 0 aliphatic carbocycles. The van der Waals surface area contributed by atoms with E-state index in [0.29, 0.717) is 6.54 Å². The van der Waals surface area contributed by atoms with Crippen molar-refractivity contribution in [2.24, 2.45) is 7.05 Å². The van der Waals surface area contributed by atoms with E-state index in [-0.39, 0.29) is 5.41 Å². The van der Waals surface area contributed by atoms with Gasteiger partial charge in [-0.05, 0) is 17.0 Å². The highest BCUT2D eigenvalue weighted by Gasteiger charge is 2.17. The predicted octanol–water partition coefficient (Wildman–Crippen LogP) is 2.72. The van der Waals surface area contributed by atoms with Gasteiger partial charge in [-0.15, -0.1) is 10.2 Å². The molecule has 0 aliphatic rings. The lowest BCUT2D eigenvalue weighted by Crippen LogP contribution is -2.15. The van der Waals surface area contributed by atoms with Crippen molar-refractivity contribution in [1.29, 1.82) is 0 Å². The Morgan fingerprint density at radius 3 is 2.56 bits per heavy atom. The molecule has 1 N–H and O–H groups in total. The topological polar surface area (TPSA) is 42.7 Å². The third kappa shape index (κ3) is 2.70. The third-order valence-electron chi connectivity index (χ3n) is 2.98. The molecule has 4 nitrogen and oxygen atoms in total. The molecule has 0 bridgehead atoms. The van der Waals surface area contributed by atoms with E-state index >= 15 is 0 Å². The summed E-state index contributed by atoms with van der Waals surface area (Å²) in [5.74, 6) is 0.929. The monoisotopic (exact) mass is 244 g/mol. The zero-order valence-electron chi connectivity index (χ0n) is 11.4. The second kappa shape index (κ2) is 4.80. The second-order valence-corrected chi connectivity index (χ2v) is 5.51. The highest BCUT2D eigenvalue weighted by Crippen LogP contribution is 2.29. The fourth-order valence-corrected chi connectivity index (χ4v) is 1.93. The lowest BCUT2D eigenvalue weighted by atomic mass is 9.86.